The van der Waals surface area contributed by atoms with Gasteiger partial charge >= 0.3 is 0 Å². The number of likely N-dealkylation sites (N-methyl/N-ethyl adjacent to an activating group) is 1. The van der Waals surface area contributed by atoms with E-state index in [9.17, 15) is 0 Å². The average Bonchev–Trinajstić information content (AvgIpc) is 2.01. The SMILES string of the molecule is CC=CCN(C)CCCCC. The van der Waals surface area contributed by atoms with Gasteiger partial charge in [-0.15, -0.1) is 0 Å². The van der Waals surface area contributed by atoms with E-state index in [0.29, 0.717) is 0 Å². The Balaban J connectivity index is 3.15. The lowest BCUT2D eigenvalue weighted by molar-refractivity contribution is 0.358. The Hall–Kier alpha value is -0.300. The molecule has 0 atom stereocenters. The van der Waals surface area contributed by atoms with Gasteiger partial charge in [0.1, 0.15) is 0 Å². The highest BCUT2D eigenvalue weighted by Gasteiger charge is 1.92. The van der Waals surface area contributed by atoms with E-state index in [1.807, 2.05) is 0 Å². The van der Waals surface area contributed by atoms with Gasteiger partial charge in [0.05, 0.1) is 0 Å². The van der Waals surface area contributed by atoms with Crippen molar-refractivity contribution in [2.75, 3.05) is 20.1 Å². The first-order valence-electron chi connectivity index (χ1n) is 4.61. The van der Waals surface area contributed by atoms with Crippen molar-refractivity contribution in [2.24, 2.45) is 0 Å². The molecule has 1 nitrogen and oxygen atoms in total. The smallest absolute Gasteiger partial charge is 0.0160 e. The summed E-state index contributed by atoms with van der Waals surface area (Å²) in [5.74, 6) is 0. The van der Waals surface area contributed by atoms with Gasteiger partial charge in [-0.05, 0) is 26.9 Å². The molecule has 0 fully saturated rings. The molecule has 1 heteroatoms. The molecule has 66 valence electrons. The van der Waals surface area contributed by atoms with Crippen LogP contribution in [0.3, 0.4) is 0 Å². The first-order chi connectivity index (χ1) is 5.31. The molecule has 0 aromatic heterocycles. The van der Waals surface area contributed by atoms with Crippen LogP contribution in [0, 0.1) is 0 Å². The maximum absolute atomic E-state index is 2.36. The monoisotopic (exact) mass is 155 g/mol. The fourth-order valence-electron chi connectivity index (χ4n) is 1.01. The summed E-state index contributed by atoms with van der Waals surface area (Å²) in [6.45, 7) is 6.64. The molecule has 0 unspecified atom stereocenters. The fourth-order valence-corrected chi connectivity index (χ4v) is 1.01. The lowest BCUT2D eigenvalue weighted by atomic mass is 10.2. The minimum absolute atomic E-state index is 1.10. The molecular weight excluding hydrogens is 134 g/mol. The van der Waals surface area contributed by atoms with Crippen LogP contribution in [0.2, 0.25) is 0 Å². The first kappa shape index (κ1) is 10.7. The molecule has 0 saturated carbocycles. The van der Waals surface area contributed by atoms with Crippen LogP contribution in [0.4, 0.5) is 0 Å². The molecule has 0 aromatic carbocycles. The Labute approximate surface area is 71.1 Å². The first-order valence-corrected chi connectivity index (χ1v) is 4.61. The van der Waals surface area contributed by atoms with Crippen molar-refractivity contribution in [2.45, 2.75) is 33.1 Å². The number of hydrogen-bond acceptors (Lipinski definition) is 1. The van der Waals surface area contributed by atoms with Crippen LogP contribution in [0.25, 0.3) is 0 Å². The molecule has 0 bridgehead atoms. The lowest BCUT2D eigenvalue weighted by Crippen LogP contribution is -2.19. The predicted octanol–water partition coefficient (Wildman–Crippen LogP) is 2.68. The van der Waals surface area contributed by atoms with E-state index >= 15 is 0 Å². The van der Waals surface area contributed by atoms with Gasteiger partial charge in [0.15, 0.2) is 0 Å². The van der Waals surface area contributed by atoms with Crippen LogP contribution >= 0.6 is 0 Å². The summed E-state index contributed by atoms with van der Waals surface area (Å²) in [5, 5.41) is 0. The molecule has 0 aliphatic rings. The summed E-state index contributed by atoms with van der Waals surface area (Å²) in [4.78, 5) is 2.36. The van der Waals surface area contributed by atoms with Gasteiger partial charge in [-0.25, -0.2) is 0 Å². The molecule has 0 aliphatic heterocycles. The summed E-state index contributed by atoms with van der Waals surface area (Å²) < 4.78 is 0. The summed E-state index contributed by atoms with van der Waals surface area (Å²) >= 11 is 0. The Morgan fingerprint density at radius 3 is 2.55 bits per heavy atom. The fraction of sp³-hybridized carbons (Fsp3) is 0.800. The van der Waals surface area contributed by atoms with E-state index in [0.717, 1.165) is 6.54 Å². The number of rotatable bonds is 6. The van der Waals surface area contributed by atoms with E-state index in [1.165, 1.54) is 25.8 Å². The third-order valence-corrected chi connectivity index (χ3v) is 1.80. The Kier molecular flexibility index (Phi) is 7.59. The van der Waals surface area contributed by atoms with E-state index in [4.69, 9.17) is 0 Å². The Bertz CT molecular complexity index is 97.0. The molecule has 0 aliphatic carbocycles. The minimum atomic E-state index is 1.10. The molecule has 0 heterocycles. The highest BCUT2D eigenvalue weighted by Crippen LogP contribution is 1.95. The van der Waals surface area contributed by atoms with Crippen molar-refractivity contribution in [3.8, 4) is 0 Å². The maximum atomic E-state index is 2.36. The van der Waals surface area contributed by atoms with Crippen molar-refractivity contribution in [3.63, 3.8) is 0 Å². The van der Waals surface area contributed by atoms with Gasteiger partial charge in [-0.3, -0.25) is 0 Å². The summed E-state index contributed by atoms with van der Waals surface area (Å²) in [7, 11) is 2.18. The Morgan fingerprint density at radius 1 is 1.27 bits per heavy atom. The summed E-state index contributed by atoms with van der Waals surface area (Å²) in [6.07, 6.45) is 8.32. The zero-order chi connectivity index (χ0) is 8.53. The van der Waals surface area contributed by atoms with Gasteiger partial charge < -0.3 is 4.90 Å². The highest BCUT2D eigenvalue weighted by atomic mass is 15.1. The van der Waals surface area contributed by atoms with Crippen LogP contribution in [-0.2, 0) is 0 Å². The van der Waals surface area contributed by atoms with Crippen LogP contribution in [0.15, 0.2) is 12.2 Å². The lowest BCUT2D eigenvalue weighted by Gasteiger charge is -2.13. The average molecular weight is 155 g/mol. The molecule has 0 aromatic rings. The van der Waals surface area contributed by atoms with Gasteiger partial charge in [-0.2, -0.15) is 0 Å². The maximum Gasteiger partial charge on any atom is 0.0160 e. The standard InChI is InChI=1S/C10H21N/c1-4-6-8-10-11(3)9-7-5-2/h5,7H,4,6,8-10H2,1-3H3. The Morgan fingerprint density at radius 2 is 2.00 bits per heavy atom. The minimum Gasteiger partial charge on any atom is -0.303 e. The van der Waals surface area contributed by atoms with Gasteiger partial charge in [0.25, 0.3) is 0 Å². The van der Waals surface area contributed by atoms with Crippen LogP contribution in [0.5, 0.6) is 0 Å². The number of hydrogen-bond donors (Lipinski definition) is 0. The second-order valence-corrected chi connectivity index (χ2v) is 3.04. The van der Waals surface area contributed by atoms with Crippen molar-refractivity contribution < 1.29 is 0 Å². The van der Waals surface area contributed by atoms with Crippen molar-refractivity contribution in [1.29, 1.82) is 0 Å². The molecule has 0 radical (unpaired) electrons. The normalized spacial score (nSPS) is 11.6. The van der Waals surface area contributed by atoms with E-state index in [2.05, 4.69) is 37.9 Å². The van der Waals surface area contributed by atoms with Gasteiger partial charge in [0.2, 0.25) is 0 Å². The highest BCUT2D eigenvalue weighted by molar-refractivity contribution is 4.79. The van der Waals surface area contributed by atoms with E-state index < -0.39 is 0 Å². The quantitative estimate of drug-likeness (QED) is 0.421. The van der Waals surface area contributed by atoms with Crippen molar-refractivity contribution in [1.82, 2.24) is 4.90 Å². The molecule has 11 heavy (non-hydrogen) atoms. The molecule has 0 saturated heterocycles. The topological polar surface area (TPSA) is 3.24 Å². The second-order valence-electron chi connectivity index (χ2n) is 3.04. The van der Waals surface area contributed by atoms with Crippen molar-refractivity contribution >= 4 is 0 Å². The van der Waals surface area contributed by atoms with Crippen molar-refractivity contribution in [3.05, 3.63) is 12.2 Å². The molecule has 0 spiro atoms. The summed E-state index contributed by atoms with van der Waals surface area (Å²) in [6, 6.07) is 0. The molecule has 0 N–H and O–H groups in total. The summed E-state index contributed by atoms with van der Waals surface area (Å²) in [5.41, 5.74) is 0. The second kappa shape index (κ2) is 7.80. The molecule has 0 amide bonds. The van der Waals surface area contributed by atoms with Crippen LogP contribution < -0.4 is 0 Å². The largest absolute Gasteiger partial charge is 0.303 e. The third-order valence-electron chi connectivity index (χ3n) is 1.80. The van der Waals surface area contributed by atoms with Gasteiger partial charge in [0, 0.05) is 6.54 Å². The van der Waals surface area contributed by atoms with Gasteiger partial charge in [-0.1, -0.05) is 31.9 Å². The zero-order valence-electron chi connectivity index (χ0n) is 8.14. The third kappa shape index (κ3) is 7.60. The molecule has 0 rings (SSSR count). The predicted molar refractivity (Wildman–Crippen MR) is 51.8 cm³/mol. The number of unbranched alkanes of at least 4 members (excludes halogenated alkanes) is 2. The van der Waals surface area contributed by atoms with Crippen LogP contribution in [-0.4, -0.2) is 25.0 Å². The van der Waals surface area contributed by atoms with Crippen LogP contribution in [0.1, 0.15) is 33.1 Å². The molecular formula is C10H21N. The van der Waals surface area contributed by atoms with E-state index in [-0.39, 0.29) is 0 Å². The zero-order valence-corrected chi connectivity index (χ0v) is 8.14. The number of nitrogens with zero attached hydrogens (tertiary/aromatic N) is 1. The van der Waals surface area contributed by atoms with E-state index in [1.54, 1.807) is 0 Å². The number of allylic oxidation sites excluding steroid dienone is 1.